The van der Waals surface area contributed by atoms with Crippen molar-refractivity contribution in [2.24, 2.45) is 0 Å². The van der Waals surface area contributed by atoms with Crippen LogP contribution in [0.25, 0.3) is 0 Å². The smallest absolute Gasteiger partial charge is 0.125 e. The third-order valence-electron chi connectivity index (χ3n) is 4.23. The highest BCUT2D eigenvalue weighted by atomic mass is 79.9. The Kier molecular flexibility index (Phi) is 4.91. The van der Waals surface area contributed by atoms with Crippen molar-refractivity contribution in [2.75, 3.05) is 7.05 Å². The summed E-state index contributed by atoms with van der Waals surface area (Å²) in [6, 6.07) is 6.73. The summed E-state index contributed by atoms with van der Waals surface area (Å²) in [7, 11) is 2.04. The van der Waals surface area contributed by atoms with Gasteiger partial charge >= 0.3 is 0 Å². The van der Waals surface area contributed by atoms with Gasteiger partial charge in [-0.05, 0) is 44.5 Å². The third kappa shape index (κ3) is 3.14. The van der Waals surface area contributed by atoms with Crippen molar-refractivity contribution in [3.63, 3.8) is 0 Å². The summed E-state index contributed by atoms with van der Waals surface area (Å²) in [4.78, 5) is 0. The van der Waals surface area contributed by atoms with Crippen LogP contribution in [0.3, 0.4) is 0 Å². The number of rotatable bonds is 5. The van der Waals surface area contributed by atoms with Crippen molar-refractivity contribution >= 4 is 15.9 Å². The fraction of sp³-hybridized carbons (Fsp3) is 0.625. The van der Waals surface area contributed by atoms with Crippen LogP contribution in [0.1, 0.15) is 57.6 Å². The van der Waals surface area contributed by atoms with E-state index in [-0.39, 0.29) is 5.60 Å². The molecule has 0 saturated heterocycles. The Morgan fingerprint density at radius 3 is 2.84 bits per heavy atom. The lowest BCUT2D eigenvalue weighted by Crippen LogP contribution is -2.43. The van der Waals surface area contributed by atoms with E-state index in [1.165, 1.54) is 18.4 Å². The molecule has 0 saturated carbocycles. The minimum Gasteiger partial charge on any atom is -0.487 e. The summed E-state index contributed by atoms with van der Waals surface area (Å²) in [6.45, 7) is 4.49. The molecule has 2 atom stereocenters. The summed E-state index contributed by atoms with van der Waals surface area (Å²) in [5.74, 6) is 1.05. The number of hydrogen-bond donors (Lipinski definition) is 1. The zero-order chi connectivity index (χ0) is 13.9. The molecule has 1 N–H and O–H groups in total. The van der Waals surface area contributed by atoms with E-state index in [0.29, 0.717) is 6.04 Å². The van der Waals surface area contributed by atoms with Crippen LogP contribution in [-0.2, 0) is 0 Å². The number of ether oxygens (including phenoxy) is 1. The third-order valence-corrected chi connectivity index (χ3v) is 4.72. The molecule has 0 radical (unpaired) electrons. The molecule has 1 aromatic rings. The second-order valence-corrected chi connectivity index (χ2v) is 6.39. The van der Waals surface area contributed by atoms with Crippen molar-refractivity contribution < 1.29 is 4.74 Å². The van der Waals surface area contributed by atoms with Crippen LogP contribution in [-0.4, -0.2) is 12.6 Å². The van der Waals surface area contributed by atoms with E-state index in [1.807, 2.05) is 7.05 Å². The van der Waals surface area contributed by atoms with Gasteiger partial charge in [-0.3, -0.25) is 0 Å². The molecule has 1 heterocycles. The maximum absolute atomic E-state index is 6.40. The minimum absolute atomic E-state index is 0.00448. The van der Waals surface area contributed by atoms with E-state index < -0.39 is 0 Å². The van der Waals surface area contributed by atoms with Crippen LogP contribution >= 0.6 is 15.9 Å². The largest absolute Gasteiger partial charge is 0.487 e. The topological polar surface area (TPSA) is 21.3 Å². The molecule has 2 unspecified atom stereocenters. The number of fused-ring (bicyclic) bond motifs is 1. The van der Waals surface area contributed by atoms with Gasteiger partial charge in [0.25, 0.3) is 0 Å². The number of nitrogens with one attached hydrogen (secondary N) is 1. The second kappa shape index (κ2) is 6.27. The number of unbranched alkanes of at least 4 members (excludes halogenated alkanes) is 1. The van der Waals surface area contributed by atoms with E-state index >= 15 is 0 Å². The van der Waals surface area contributed by atoms with Gasteiger partial charge in [0.05, 0.1) is 0 Å². The highest BCUT2D eigenvalue weighted by Crippen LogP contribution is 2.44. The fourth-order valence-electron chi connectivity index (χ4n) is 2.94. The van der Waals surface area contributed by atoms with E-state index in [9.17, 15) is 0 Å². The molecule has 2 nitrogen and oxygen atoms in total. The summed E-state index contributed by atoms with van der Waals surface area (Å²) in [6.07, 6.45) is 5.73. The number of benzene rings is 1. The first kappa shape index (κ1) is 14.9. The SMILES string of the molecule is CCCCC1(CC)CC(NC)c2cc(Br)ccc2O1. The molecule has 19 heavy (non-hydrogen) atoms. The molecule has 0 aromatic heterocycles. The molecule has 0 aliphatic carbocycles. The monoisotopic (exact) mass is 325 g/mol. The fourth-order valence-corrected chi connectivity index (χ4v) is 3.32. The van der Waals surface area contributed by atoms with Crippen LogP contribution in [0.2, 0.25) is 0 Å². The van der Waals surface area contributed by atoms with Gasteiger partial charge in [-0.1, -0.05) is 36.2 Å². The van der Waals surface area contributed by atoms with Crippen LogP contribution in [0.15, 0.2) is 22.7 Å². The van der Waals surface area contributed by atoms with Gasteiger partial charge in [-0.2, -0.15) is 0 Å². The van der Waals surface area contributed by atoms with E-state index in [1.54, 1.807) is 0 Å². The van der Waals surface area contributed by atoms with E-state index in [4.69, 9.17) is 4.74 Å². The van der Waals surface area contributed by atoms with E-state index in [0.717, 1.165) is 29.5 Å². The second-order valence-electron chi connectivity index (χ2n) is 5.47. The van der Waals surface area contributed by atoms with Gasteiger partial charge < -0.3 is 10.1 Å². The van der Waals surface area contributed by atoms with Crippen LogP contribution in [0.5, 0.6) is 5.75 Å². The predicted octanol–water partition coefficient (Wildman–Crippen LogP) is 4.83. The molecule has 3 heteroatoms. The minimum atomic E-state index is 0.00448. The molecular formula is C16H24BrNO. The Bertz CT molecular complexity index is 435. The van der Waals surface area contributed by atoms with Gasteiger partial charge in [0, 0.05) is 22.5 Å². The summed E-state index contributed by atoms with van der Waals surface area (Å²) in [5, 5.41) is 3.45. The van der Waals surface area contributed by atoms with Crippen molar-refractivity contribution in [1.29, 1.82) is 0 Å². The summed E-state index contributed by atoms with van der Waals surface area (Å²) in [5.41, 5.74) is 1.28. The highest BCUT2D eigenvalue weighted by molar-refractivity contribution is 9.10. The van der Waals surface area contributed by atoms with Crippen molar-refractivity contribution in [1.82, 2.24) is 5.32 Å². The maximum Gasteiger partial charge on any atom is 0.125 e. The van der Waals surface area contributed by atoms with Crippen LogP contribution in [0.4, 0.5) is 0 Å². The van der Waals surface area contributed by atoms with Gasteiger partial charge in [0.15, 0.2) is 0 Å². The lowest BCUT2D eigenvalue weighted by Gasteiger charge is -2.42. The molecule has 0 bridgehead atoms. The van der Waals surface area contributed by atoms with Gasteiger partial charge in [0.2, 0.25) is 0 Å². The zero-order valence-corrected chi connectivity index (χ0v) is 13.7. The Morgan fingerprint density at radius 2 is 2.21 bits per heavy atom. The van der Waals surface area contributed by atoms with Crippen molar-refractivity contribution in [3.05, 3.63) is 28.2 Å². The van der Waals surface area contributed by atoms with Crippen molar-refractivity contribution in [3.8, 4) is 5.75 Å². The quantitative estimate of drug-likeness (QED) is 0.837. The maximum atomic E-state index is 6.40. The molecule has 0 spiro atoms. The van der Waals surface area contributed by atoms with Crippen LogP contribution in [0, 0.1) is 0 Å². The Balaban J connectivity index is 2.32. The Morgan fingerprint density at radius 1 is 1.42 bits per heavy atom. The molecule has 1 aromatic carbocycles. The lowest BCUT2D eigenvalue weighted by atomic mass is 9.82. The van der Waals surface area contributed by atoms with Gasteiger partial charge in [-0.25, -0.2) is 0 Å². The van der Waals surface area contributed by atoms with Gasteiger partial charge in [-0.15, -0.1) is 0 Å². The first-order valence-corrected chi connectivity index (χ1v) is 8.09. The van der Waals surface area contributed by atoms with Gasteiger partial charge in [0.1, 0.15) is 11.4 Å². The van der Waals surface area contributed by atoms with E-state index in [2.05, 4.69) is 53.3 Å². The standard InChI is InChI=1S/C16H24BrNO/c1-4-6-9-16(5-2)11-14(18-3)13-10-12(17)7-8-15(13)19-16/h7-8,10,14,18H,4-6,9,11H2,1-3H3. The first-order valence-electron chi connectivity index (χ1n) is 7.30. The Hall–Kier alpha value is -0.540. The van der Waals surface area contributed by atoms with Crippen LogP contribution < -0.4 is 10.1 Å². The lowest BCUT2D eigenvalue weighted by molar-refractivity contribution is 0.0175. The predicted molar refractivity (Wildman–Crippen MR) is 83.7 cm³/mol. The first-order chi connectivity index (χ1) is 9.14. The summed E-state index contributed by atoms with van der Waals surface area (Å²) >= 11 is 3.55. The molecule has 0 amide bonds. The zero-order valence-electron chi connectivity index (χ0n) is 12.1. The molecule has 106 valence electrons. The molecular weight excluding hydrogens is 302 g/mol. The summed E-state index contributed by atoms with van der Waals surface area (Å²) < 4.78 is 7.52. The molecule has 1 aliphatic heterocycles. The number of halogens is 1. The normalized spacial score (nSPS) is 25.8. The molecule has 0 fully saturated rings. The Labute approximate surface area is 125 Å². The average Bonchev–Trinajstić information content (AvgIpc) is 2.44. The molecule has 1 aliphatic rings. The van der Waals surface area contributed by atoms with Crippen molar-refractivity contribution in [2.45, 2.75) is 57.6 Å². The number of hydrogen-bond acceptors (Lipinski definition) is 2. The highest BCUT2D eigenvalue weighted by Gasteiger charge is 2.38. The average molecular weight is 326 g/mol. The molecule has 2 rings (SSSR count).